The van der Waals surface area contributed by atoms with E-state index in [4.69, 9.17) is 4.74 Å². The molecule has 0 bridgehead atoms. The number of fused-ring (bicyclic) bond motifs is 1. The molecule has 1 aromatic carbocycles. The van der Waals surface area contributed by atoms with E-state index in [0.29, 0.717) is 24.3 Å². The Kier molecular flexibility index (Phi) is 4.78. The molecule has 9 heteroatoms. The van der Waals surface area contributed by atoms with E-state index in [1.807, 2.05) is 29.1 Å². The molecule has 5 rings (SSSR count). The molecule has 2 aliphatic heterocycles. The van der Waals surface area contributed by atoms with Crippen molar-refractivity contribution in [1.82, 2.24) is 25.0 Å². The number of ether oxygens (including phenoxy) is 1. The molecule has 1 fully saturated rings. The molecule has 1 atom stereocenters. The van der Waals surface area contributed by atoms with E-state index in [1.54, 1.807) is 24.5 Å². The molecule has 31 heavy (non-hydrogen) atoms. The average Bonchev–Trinajstić information content (AvgIpc) is 3.07. The molecule has 1 unspecified atom stereocenters. The number of imide groups is 1. The van der Waals surface area contributed by atoms with Crippen LogP contribution in [0.15, 0.2) is 48.9 Å². The van der Waals surface area contributed by atoms with Crippen LogP contribution in [0.1, 0.15) is 40.0 Å². The fourth-order valence-electron chi connectivity index (χ4n) is 4.06. The predicted molar refractivity (Wildman–Crippen MR) is 109 cm³/mol. The molecule has 0 saturated carbocycles. The molecule has 0 radical (unpaired) electrons. The third-order valence-electron chi connectivity index (χ3n) is 5.62. The van der Waals surface area contributed by atoms with Crippen LogP contribution < -0.4 is 10.1 Å². The van der Waals surface area contributed by atoms with Gasteiger partial charge in [0.1, 0.15) is 18.4 Å². The van der Waals surface area contributed by atoms with Gasteiger partial charge in [-0.3, -0.25) is 34.5 Å². The molecule has 2 aromatic heterocycles. The highest BCUT2D eigenvalue weighted by molar-refractivity contribution is 6.05. The maximum Gasteiger partial charge on any atom is 0.255 e. The Balaban J connectivity index is 1.24. The summed E-state index contributed by atoms with van der Waals surface area (Å²) in [4.78, 5) is 42.0. The highest BCUT2D eigenvalue weighted by Gasteiger charge is 2.40. The van der Waals surface area contributed by atoms with Gasteiger partial charge in [-0.25, -0.2) is 0 Å². The quantitative estimate of drug-likeness (QED) is 0.590. The van der Waals surface area contributed by atoms with E-state index in [0.717, 1.165) is 23.4 Å². The van der Waals surface area contributed by atoms with Gasteiger partial charge in [0.05, 0.1) is 18.8 Å². The Morgan fingerprint density at radius 2 is 1.94 bits per heavy atom. The second-order valence-electron chi connectivity index (χ2n) is 7.72. The number of benzene rings is 1. The van der Waals surface area contributed by atoms with Crippen molar-refractivity contribution >= 4 is 17.7 Å². The minimum Gasteiger partial charge on any atom is -0.487 e. The number of pyridine rings is 1. The van der Waals surface area contributed by atoms with Crippen LogP contribution in [-0.4, -0.2) is 43.4 Å². The molecule has 158 valence electrons. The number of aromatic nitrogens is 3. The summed E-state index contributed by atoms with van der Waals surface area (Å²) in [5, 5.41) is 5.55. The number of carbonyl (C=O) groups excluding carboxylic acids is 3. The van der Waals surface area contributed by atoms with Gasteiger partial charge in [0.25, 0.3) is 5.91 Å². The molecule has 2 aliphatic rings. The fourth-order valence-corrected chi connectivity index (χ4v) is 4.06. The van der Waals surface area contributed by atoms with Crippen molar-refractivity contribution in [1.29, 1.82) is 0 Å². The maximum atomic E-state index is 12.9. The van der Waals surface area contributed by atoms with Crippen LogP contribution in [0.5, 0.6) is 5.75 Å². The van der Waals surface area contributed by atoms with Gasteiger partial charge in [-0.05, 0) is 36.2 Å². The number of H-pyrrole nitrogens is 1. The number of amides is 3. The lowest BCUT2D eigenvalue weighted by molar-refractivity contribution is -0.136. The number of nitrogens with zero attached hydrogens (tertiary/aromatic N) is 3. The van der Waals surface area contributed by atoms with Crippen molar-refractivity contribution in [2.24, 2.45) is 0 Å². The number of hydrogen-bond donors (Lipinski definition) is 2. The smallest absolute Gasteiger partial charge is 0.255 e. The Morgan fingerprint density at radius 3 is 2.71 bits per heavy atom. The molecular formula is C22H21N5O4. The van der Waals surface area contributed by atoms with Crippen LogP contribution >= 0.6 is 0 Å². The van der Waals surface area contributed by atoms with E-state index in [2.05, 4.69) is 15.4 Å². The molecule has 9 nitrogen and oxygen atoms in total. The lowest BCUT2D eigenvalue weighted by atomic mass is 10.0. The summed E-state index contributed by atoms with van der Waals surface area (Å²) in [6.07, 6.45) is 6.07. The monoisotopic (exact) mass is 419 g/mol. The summed E-state index contributed by atoms with van der Waals surface area (Å²) in [6, 6.07) is 8.63. The zero-order valence-electron chi connectivity index (χ0n) is 16.7. The van der Waals surface area contributed by atoms with Crippen LogP contribution in [0.3, 0.4) is 0 Å². The zero-order valence-corrected chi connectivity index (χ0v) is 16.7. The third kappa shape index (κ3) is 3.70. The summed E-state index contributed by atoms with van der Waals surface area (Å²) in [7, 11) is 0. The number of aromatic amines is 1. The maximum absolute atomic E-state index is 12.9. The first-order valence-electron chi connectivity index (χ1n) is 10.1. The number of hydrogen-bond acceptors (Lipinski definition) is 5. The van der Waals surface area contributed by atoms with Crippen molar-refractivity contribution in [2.45, 2.75) is 38.6 Å². The lowest BCUT2D eigenvalue weighted by Crippen LogP contribution is -2.52. The van der Waals surface area contributed by atoms with E-state index in [9.17, 15) is 14.4 Å². The van der Waals surface area contributed by atoms with E-state index in [-0.39, 0.29) is 24.8 Å². The third-order valence-corrected chi connectivity index (χ3v) is 5.62. The largest absolute Gasteiger partial charge is 0.487 e. The summed E-state index contributed by atoms with van der Waals surface area (Å²) in [5.41, 5.74) is 3.38. The van der Waals surface area contributed by atoms with E-state index < -0.39 is 11.9 Å². The predicted octanol–water partition coefficient (Wildman–Crippen LogP) is 1.60. The highest BCUT2D eigenvalue weighted by atomic mass is 16.5. The summed E-state index contributed by atoms with van der Waals surface area (Å²) < 4.78 is 7.93. The van der Waals surface area contributed by atoms with Crippen LogP contribution in [0, 0.1) is 0 Å². The fraction of sp³-hybridized carbons (Fsp3) is 0.273. The van der Waals surface area contributed by atoms with E-state index >= 15 is 0 Å². The Labute approximate surface area is 178 Å². The molecule has 4 heterocycles. The topological polar surface area (TPSA) is 109 Å². The lowest BCUT2D eigenvalue weighted by Gasteiger charge is -2.29. The van der Waals surface area contributed by atoms with Gasteiger partial charge in [-0.15, -0.1) is 0 Å². The second-order valence-corrected chi connectivity index (χ2v) is 7.72. The Bertz CT molecular complexity index is 1140. The minimum atomic E-state index is -0.636. The molecular weight excluding hydrogens is 398 g/mol. The van der Waals surface area contributed by atoms with Crippen molar-refractivity contribution in [3.8, 4) is 5.75 Å². The number of rotatable bonds is 6. The zero-order chi connectivity index (χ0) is 21.4. The van der Waals surface area contributed by atoms with Crippen LogP contribution in [-0.2, 0) is 29.3 Å². The first-order valence-corrected chi connectivity index (χ1v) is 10.1. The van der Waals surface area contributed by atoms with E-state index in [1.165, 1.54) is 4.90 Å². The molecule has 3 aromatic rings. The second kappa shape index (κ2) is 7.75. The van der Waals surface area contributed by atoms with Gasteiger partial charge < -0.3 is 9.64 Å². The Hall–Kier alpha value is -3.88. The summed E-state index contributed by atoms with van der Waals surface area (Å²) >= 11 is 0. The van der Waals surface area contributed by atoms with Crippen molar-refractivity contribution in [3.05, 3.63) is 71.3 Å². The van der Waals surface area contributed by atoms with Gasteiger partial charge in [-0.1, -0.05) is 6.07 Å². The van der Waals surface area contributed by atoms with Gasteiger partial charge in [-0.2, -0.15) is 0 Å². The van der Waals surface area contributed by atoms with Gasteiger partial charge >= 0.3 is 0 Å². The van der Waals surface area contributed by atoms with Gasteiger partial charge in [0.15, 0.2) is 0 Å². The number of nitrogens with one attached hydrogen (secondary N) is 2. The highest BCUT2D eigenvalue weighted by Crippen LogP contribution is 2.33. The molecule has 0 spiro atoms. The normalized spacial score (nSPS) is 18.3. The van der Waals surface area contributed by atoms with Crippen molar-refractivity contribution < 1.29 is 19.1 Å². The van der Waals surface area contributed by atoms with Crippen molar-refractivity contribution in [3.63, 3.8) is 0 Å². The first kappa shape index (κ1) is 19.1. The molecule has 2 N–H and O–H groups in total. The first-order chi connectivity index (χ1) is 15.1. The molecule has 0 aliphatic carbocycles. The molecule has 1 saturated heterocycles. The summed E-state index contributed by atoms with van der Waals surface area (Å²) in [5.74, 6) is -0.304. The van der Waals surface area contributed by atoms with Gasteiger partial charge in [0, 0.05) is 36.1 Å². The number of piperidine rings is 1. The standard InChI is InChI=1S/C22H21N5O4/c28-20-5-4-18(21(29)24-20)27-12-17-16(22(27)30)2-1-3-19(17)31-13-15-11-26(25-15)10-14-6-8-23-9-7-14/h1-3,6-9,11,18,25H,4-5,10,12-13H2,(H,24,28,29). The van der Waals surface area contributed by atoms with Gasteiger partial charge in [0.2, 0.25) is 11.8 Å². The minimum absolute atomic E-state index is 0.209. The summed E-state index contributed by atoms with van der Waals surface area (Å²) in [6.45, 7) is 1.36. The van der Waals surface area contributed by atoms with Crippen LogP contribution in [0.4, 0.5) is 0 Å². The Morgan fingerprint density at radius 1 is 1.13 bits per heavy atom. The van der Waals surface area contributed by atoms with Crippen LogP contribution in [0.25, 0.3) is 0 Å². The van der Waals surface area contributed by atoms with Crippen molar-refractivity contribution in [2.75, 3.05) is 0 Å². The number of carbonyl (C=O) groups is 3. The molecule has 3 amide bonds. The van der Waals surface area contributed by atoms with Crippen LogP contribution in [0.2, 0.25) is 0 Å². The SMILES string of the molecule is O=C1CCC(N2Cc3c(OCc4cn(Cc5ccncc5)[nH]4)cccc3C2=O)C(=O)N1. The average molecular weight is 419 g/mol.